The Balaban J connectivity index is -0.0000000270. The molecule has 0 aromatic rings. The number of aliphatic hydroxyl groups excluding tert-OH is 1. The molecule has 0 aliphatic carbocycles. The molecule has 0 aromatic heterocycles. The molecule has 14 heavy (non-hydrogen) atoms. The van der Waals surface area contributed by atoms with E-state index in [0.717, 1.165) is 0 Å². The standard InChI is InChI=1S/C2H6O2.6ClH.2H2O.2Sb/c1-2(3)4;;;;;;;;;;/h2-4H,1H3;6*1H;2*1H2;;/q;;;;;;;;;2*+3/p-6. The summed E-state index contributed by atoms with van der Waals surface area (Å²) in [6.45, 7) is 1.28. The molecule has 0 aliphatic rings. The fraction of sp³-hybridized carbons (Fsp3) is 1.00. The molecule has 4 nitrogen and oxygen atoms in total. The van der Waals surface area contributed by atoms with Crippen molar-refractivity contribution in [3.05, 3.63) is 0 Å². The first-order chi connectivity index (χ1) is 5.20. The minimum atomic E-state index is -2.03. The summed E-state index contributed by atoms with van der Waals surface area (Å²) in [5.74, 6) is 0. The normalized spacial score (nSPS) is 7.71. The van der Waals surface area contributed by atoms with Gasteiger partial charge in [-0.1, -0.05) is 0 Å². The first kappa shape index (κ1) is 30.3. The van der Waals surface area contributed by atoms with Crippen LogP contribution in [0.4, 0.5) is 0 Å². The quantitative estimate of drug-likeness (QED) is 0.346. The number of hydrogen-bond donors (Lipinski definition) is 2. The van der Waals surface area contributed by atoms with Crippen molar-refractivity contribution in [2.75, 3.05) is 0 Å². The predicted octanol–water partition coefficient (Wildman–Crippen LogP) is 1.04. The number of aliphatic hydroxyl groups is 2. The van der Waals surface area contributed by atoms with Crippen LogP contribution >= 0.6 is 53.0 Å². The Labute approximate surface area is 119 Å². The van der Waals surface area contributed by atoms with Gasteiger partial charge in [-0.15, -0.1) is 0 Å². The molecule has 6 N–H and O–H groups in total. The summed E-state index contributed by atoms with van der Waals surface area (Å²) in [4.78, 5) is 0. The van der Waals surface area contributed by atoms with E-state index >= 15 is 0 Å². The van der Waals surface area contributed by atoms with E-state index in [2.05, 4.69) is 0 Å². The Kier molecular flexibility index (Phi) is 54.5. The van der Waals surface area contributed by atoms with E-state index in [9.17, 15) is 0 Å². The molecule has 0 radical (unpaired) electrons. The van der Waals surface area contributed by atoms with Crippen molar-refractivity contribution in [3.63, 3.8) is 0 Å². The van der Waals surface area contributed by atoms with Gasteiger partial charge >= 0.3 is 86.5 Å². The molecule has 0 spiro atoms. The predicted molar refractivity (Wildman–Crippen MR) is 67.8 cm³/mol. The van der Waals surface area contributed by atoms with Gasteiger partial charge in [0.15, 0.2) is 0 Å². The van der Waals surface area contributed by atoms with Gasteiger partial charge in [-0.2, -0.15) is 0 Å². The van der Waals surface area contributed by atoms with Crippen molar-refractivity contribution in [2.24, 2.45) is 0 Å². The first-order valence-corrected chi connectivity index (χ1v) is 21.5. The Morgan fingerprint density at radius 1 is 0.786 bits per heavy atom. The second-order valence-corrected chi connectivity index (χ2v) is 23.8. The van der Waals surface area contributed by atoms with Crippen LogP contribution in [0.2, 0.25) is 0 Å². The third kappa shape index (κ3) is 297. The Bertz CT molecular complexity index is 54.3. The molecule has 0 fully saturated rings. The SMILES string of the molecule is CC(O)O.O.O.[Cl][Sb]([Cl])[Cl].[Cl][Sb]([Cl])[Cl]. The van der Waals surface area contributed by atoms with Gasteiger partial charge in [0.2, 0.25) is 0 Å². The van der Waals surface area contributed by atoms with Crippen LogP contribution in [-0.4, -0.2) is 61.0 Å². The summed E-state index contributed by atoms with van der Waals surface area (Å²) in [6, 6.07) is 0. The maximum absolute atomic E-state index is 7.61. The van der Waals surface area contributed by atoms with Gasteiger partial charge in [0.25, 0.3) is 0 Å². The summed E-state index contributed by atoms with van der Waals surface area (Å²) in [5, 5.41) is 15.2. The van der Waals surface area contributed by atoms with Gasteiger partial charge in [-0.25, -0.2) is 0 Å². The molecular formula is C2H10Cl6O4Sb2. The van der Waals surface area contributed by atoms with Crippen LogP contribution in [0, 0.1) is 0 Å². The number of hydrogen-bond acceptors (Lipinski definition) is 2. The number of rotatable bonds is 0. The van der Waals surface area contributed by atoms with Crippen LogP contribution < -0.4 is 0 Å². The summed E-state index contributed by atoms with van der Waals surface area (Å²) < 4.78 is 0. The Morgan fingerprint density at radius 2 is 0.786 bits per heavy atom. The third-order valence-corrected chi connectivity index (χ3v) is 0. The van der Waals surface area contributed by atoms with Crippen molar-refractivity contribution in [1.82, 2.24) is 0 Å². The van der Waals surface area contributed by atoms with E-state index in [4.69, 9.17) is 63.2 Å². The molecule has 0 saturated heterocycles. The topological polar surface area (TPSA) is 103 Å². The molecule has 12 heteroatoms. The Hall–Kier alpha value is 3.22. The Morgan fingerprint density at radius 3 is 0.786 bits per heavy atom. The van der Waals surface area contributed by atoms with Gasteiger partial charge < -0.3 is 21.2 Å². The van der Waals surface area contributed by atoms with E-state index in [0.29, 0.717) is 0 Å². The van der Waals surface area contributed by atoms with E-state index in [1.165, 1.54) is 6.92 Å². The minimum absolute atomic E-state index is 0. The molecule has 0 rings (SSSR count). The van der Waals surface area contributed by atoms with Gasteiger partial charge in [0.05, 0.1) is 0 Å². The molecule has 0 bridgehead atoms. The molecular weight excluding hydrogens is 544 g/mol. The first-order valence-electron chi connectivity index (χ1n) is 2.11. The molecule has 0 amide bonds. The molecule has 0 atom stereocenters. The zero-order valence-corrected chi connectivity index (χ0v) is 16.3. The van der Waals surface area contributed by atoms with Crippen molar-refractivity contribution in [1.29, 1.82) is 0 Å². The zero-order valence-electron chi connectivity index (χ0n) is 6.63. The number of halogens is 6. The average Bonchev–Trinajstić information content (AvgIpc) is 1.54. The third-order valence-electron chi connectivity index (χ3n) is 0. The van der Waals surface area contributed by atoms with E-state index < -0.39 is 39.9 Å². The van der Waals surface area contributed by atoms with E-state index in [1.54, 1.807) is 0 Å². The summed E-state index contributed by atoms with van der Waals surface area (Å²) in [5.41, 5.74) is 0. The van der Waals surface area contributed by atoms with Gasteiger partial charge in [-0.3, -0.25) is 0 Å². The fourth-order valence-corrected chi connectivity index (χ4v) is 0. The van der Waals surface area contributed by atoms with Gasteiger partial charge in [-0.05, 0) is 6.92 Å². The summed E-state index contributed by atoms with van der Waals surface area (Å²) in [6.07, 6.45) is -1.17. The maximum atomic E-state index is 7.61. The summed E-state index contributed by atoms with van der Waals surface area (Å²) >= 11 is -4.07. The molecule has 0 saturated carbocycles. The zero-order chi connectivity index (χ0) is 10.7. The van der Waals surface area contributed by atoms with Crippen LogP contribution in [0.25, 0.3) is 0 Å². The summed E-state index contributed by atoms with van der Waals surface area (Å²) in [7, 11) is 29.9. The van der Waals surface area contributed by atoms with Gasteiger partial charge in [0, 0.05) is 0 Å². The molecule has 0 heterocycles. The molecule has 94 valence electrons. The van der Waals surface area contributed by atoms with Crippen LogP contribution in [0.15, 0.2) is 0 Å². The van der Waals surface area contributed by atoms with Crippen LogP contribution in [-0.2, 0) is 0 Å². The van der Waals surface area contributed by atoms with Crippen LogP contribution in [0.3, 0.4) is 0 Å². The van der Waals surface area contributed by atoms with Crippen LogP contribution in [0.5, 0.6) is 0 Å². The monoisotopic (exact) mass is 550 g/mol. The van der Waals surface area contributed by atoms with Crippen LogP contribution in [0.1, 0.15) is 6.92 Å². The molecule has 0 aromatic carbocycles. The fourth-order valence-electron chi connectivity index (χ4n) is 0. The second-order valence-electron chi connectivity index (χ2n) is 1.02. The van der Waals surface area contributed by atoms with Crippen molar-refractivity contribution >= 4 is 86.5 Å². The molecule has 0 aliphatic heterocycles. The van der Waals surface area contributed by atoms with E-state index in [1.807, 2.05) is 0 Å². The van der Waals surface area contributed by atoms with Crippen molar-refractivity contribution in [3.8, 4) is 0 Å². The van der Waals surface area contributed by atoms with Gasteiger partial charge in [0.1, 0.15) is 6.29 Å². The van der Waals surface area contributed by atoms with E-state index in [-0.39, 0.29) is 11.0 Å². The van der Waals surface area contributed by atoms with Crippen molar-refractivity contribution in [2.45, 2.75) is 13.2 Å². The van der Waals surface area contributed by atoms with Crippen molar-refractivity contribution < 1.29 is 21.2 Å². The molecule has 0 unspecified atom stereocenters. The average molecular weight is 554 g/mol. The second kappa shape index (κ2) is 25.2.